The van der Waals surface area contributed by atoms with Crippen molar-refractivity contribution in [2.45, 2.75) is 6.61 Å². The molecule has 0 aliphatic rings. The minimum atomic E-state index is -0.808. The van der Waals surface area contributed by atoms with Crippen molar-refractivity contribution in [3.63, 3.8) is 0 Å². The number of nitrogens with zero attached hydrogens (tertiary/aromatic N) is 3. The van der Waals surface area contributed by atoms with E-state index in [9.17, 15) is 4.79 Å². The van der Waals surface area contributed by atoms with Crippen molar-refractivity contribution >= 4 is 6.09 Å². The Labute approximate surface area is 98.0 Å². The SMILES string of the molecule is Cn1nccc1-c1cccc(COC(N)=O)n1. The molecule has 2 rings (SSSR count). The van der Waals surface area contributed by atoms with E-state index < -0.39 is 6.09 Å². The number of carbonyl (C=O) groups excluding carboxylic acids is 1. The van der Waals surface area contributed by atoms with Gasteiger partial charge >= 0.3 is 6.09 Å². The molecule has 0 saturated carbocycles. The van der Waals surface area contributed by atoms with E-state index >= 15 is 0 Å². The number of nitrogens with two attached hydrogens (primary N) is 1. The smallest absolute Gasteiger partial charge is 0.404 e. The largest absolute Gasteiger partial charge is 0.443 e. The summed E-state index contributed by atoms with van der Waals surface area (Å²) in [6, 6.07) is 7.34. The van der Waals surface area contributed by atoms with Crippen molar-refractivity contribution in [3.8, 4) is 11.4 Å². The Morgan fingerprint density at radius 3 is 2.94 bits per heavy atom. The zero-order chi connectivity index (χ0) is 12.3. The van der Waals surface area contributed by atoms with Crippen LogP contribution in [-0.2, 0) is 18.4 Å². The lowest BCUT2D eigenvalue weighted by atomic mass is 10.2. The van der Waals surface area contributed by atoms with E-state index in [4.69, 9.17) is 5.73 Å². The number of primary amides is 1. The number of hydrogen-bond acceptors (Lipinski definition) is 4. The number of ether oxygens (including phenoxy) is 1. The summed E-state index contributed by atoms with van der Waals surface area (Å²) < 4.78 is 6.41. The molecule has 0 aromatic carbocycles. The predicted octanol–water partition coefficient (Wildman–Crippen LogP) is 1.08. The lowest BCUT2D eigenvalue weighted by molar-refractivity contribution is 0.149. The molecule has 88 valence electrons. The monoisotopic (exact) mass is 232 g/mol. The van der Waals surface area contributed by atoms with Crippen molar-refractivity contribution in [3.05, 3.63) is 36.2 Å². The molecular weight excluding hydrogens is 220 g/mol. The van der Waals surface area contributed by atoms with Gasteiger partial charge in [-0.1, -0.05) is 6.07 Å². The maximum absolute atomic E-state index is 10.5. The molecule has 2 heterocycles. The number of rotatable bonds is 3. The Bertz CT molecular complexity index is 536. The van der Waals surface area contributed by atoms with E-state index in [-0.39, 0.29) is 6.61 Å². The van der Waals surface area contributed by atoms with E-state index in [0.717, 1.165) is 11.4 Å². The van der Waals surface area contributed by atoms with Gasteiger partial charge < -0.3 is 10.5 Å². The molecule has 2 aromatic rings. The molecular formula is C11H12N4O2. The van der Waals surface area contributed by atoms with E-state index in [2.05, 4.69) is 14.8 Å². The summed E-state index contributed by atoms with van der Waals surface area (Å²) in [5.74, 6) is 0. The van der Waals surface area contributed by atoms with Crippen molar-refractivity contribution in [1.29, 1.82) is 0 Å². The number of amides is 1. The maximum atomic E-state index is 10.5. The summed E-state index contributed by atoms with van der Waals surface area (Å²) in [5, 5.41) is 4.07. The number of carbonyl (C=O) groups is 1. The molecule has 0 unspecified atom stereocenters. The average Bonchev–Trinajstić information content (AvgIpc) is 2.73. The second-order valence-electron chi connectivity index (χ2n) is 3.46. The van der Waals surface area contributed by atoms with Crippen LogP contribution in [0.5, 0.6) is 0 Å². The van der Waals surface area contributed by atoms with Crippen LogP contribution in [0, 0.1) is 0 Å². The van der Waals surface area contributed by atoms with Crippen molar-refractivity contribution in [2.75, 3.05) is 0 Å². The summed E-state index contributed by atoms with van der Waals surface area (Å²) in [7, 11) is 1.84. The van der Waals surface area contributed by atoms with Crippen LogP contribution in [0.25, 0.3) is 11.4 Å². The lowest BCUT2D eigenvalue weighted by Gasteiger charge is -2.04. The lowest BCUT2D eigenvalue weighted by Crippen LogP contribution is -2.13. The van der Waals surface area contributed by atoms with Gasteiger partial charge in [-0.25, -0.2) is 9.78 Å². The maximum Gasteiger partial charge on any atom is 0.404 e. The van der Waals surface area contributed by atoms with Gasteiger partial charge in [0.25, 0.3) is 0 Å². The third kappa shape index (κ3) is 2.60. The quantitative estimate of drug-likeness (QED) is 0.858. The van der Waals surface area contributed by atoms with Gasteiger partial charge in [-0.05, 0) is 18.2 Å². The highest BCUT2D eigenvalue weighted by molar-refractivity contribution is 5.64. The Hall–Kier alpha value is -2.37. The van der Waals surface area contributed by atoms with Crippen molar-refractivity contribution in [2.24, 2.45) is 12.8 Å². The third-order valence-corrected chi connectivity index (χ3v) is 2.25. The molecule has 0 radical (unpaired) electrons. The highest BCUT2D eigenvalue weighted by Crippen LogP contribution is 2.15. The first-order valence-electron chi connectivity index (χ1n) is 5.03. The van der Waals surface area contributed by atoms with E-state index in [0.29, 0.717) is 5.69 Å². The molecule has 2 N–H and O–H groups in total. The Morgan fingerprint density at radius 2 is 2.29 bits per heavy atom. The van der Waals surface area contributed by atoms with Crippen LogP contribution < -0.4 is 5.73 Å². The van der Waals surface area contributed by atoms with E-state index in [1.807, 2.05) is 25.2 Å². The van der Waals surface area contributed by atoms with Gasteiger partial charge in [0.2, 0.25) is 0 Å². The predicted molar refractivity (Wildman–Crippen MR) is 60.8 cm³/mol. The molecule has 0 spiro atoms. The second kappa shape index (κ2) is 4.65. The zero-order valence-corrected chi connectivity index (χ0v) is 9.33. The van der Waals surface area contributed by atoms with E-state index in [1.54, 1.807) is 16.9 Å². The van der Waals surface area contributed by atoms with Crippen LogP contribution in [0.4, 0.5) is 4.79 Å². The summed E-state index contributed by atoms with van der Waals surface area (Å²) in [6.07, 6.45) is 0.890. The van der Waals surface area contributed by atoms with Crippen LogP contribution in [0.3, 0.4) is 0 Å². The second-order valence-corrected chi connectivity index (χ2v) is 3.46. The topological polar surface area (TPSA) is 83.0 Å². The minimum Gasteiger partial charge on any atom is -0.443 e. The van der Waals surface area contributed by atoms with Gasteiger partial charge in [0.15, 0.2) is 0 Å². The standard InChI is InChI=1S/C11H12N4O2/c1-15-10(5-6-13-15)9-4-2-3-8(14-9)7-17-11(12)16/h2-6H,7H2,1H3,(H2,12,16). The zero-order valence-electron chi connectivity index (χ0n) is 9.33. The normalized spacial score (nSPS) is 10.2. The minimum absolute atomic E-state index is 0.0705. The fourth-order valence-corrected chi connectivity index (χ4v) is 1.47. The molecule has 6 nitrogen and oxygen atoms in total. The molecule has 0 saturated heterocycles. The summed E-state index contributed by atoms with van der Waals surface area (Å²) in [5.41, 5.74) is 7.20. The fraction of sp³-hybridized carbons (Fsp3) is 0.182. The molecule has 0 atom stereocenters. The Morgan fingerprint density at radius 1 is 1.47 bits per heavy atom. The van der Waals surface area contributed by atoms with Crippen molar-refractivity contribution < 1.29 is 9.53 Å². The van der Waals surface area contributed by atoms with Crippen LogP contribution >= 0.6 is 0 Å². The highest BCUT2D eigenvalue weighted by atomic mass is 16.5. The molecule has 0 aliphatic heterocycles. The van der Waals surface area contributed by atoms with Gasteiger partial charge in [0.1, 0.15) is 6.61 Å². The van der Waals surface area contributed by atoms with Crippen LogP contribution in [0.1, 0.15) is 5.69 Å². The van der Waals surface area contributed by atoms with Gasteiger partial charge in [0.05, 0.1) is 17.1 Å². The summed E-state index contributed by atoms with van der Waals surface area (Å²) in [4.78, 5) is 14.9. The number of hydrogen-bond donors (Lipinski definition) is 1. The first-order chi connectivity index (χ1) is 8.16. The Kier molecular flexibility index (Phi) is 3.04. The van der Waals surface area contributed by atoms with Crippen LogP contribution in [0.15, 0.2) is 30.5 Å². The summed E-state index contributed by atoms with van der Waals surface area (Å²) >= 11 is 0. The van der Waals surface area contributed by atoms with Gasteiger partial charge in [0, 0.05) is 13.2 Å². The molecule has 1 amide bonds. The number of pyridine rings is 1. The van der Waals surface area contributed by atoms with Gasteiger partial charge in [-0.3, -0.25) is 4.68 Å². The molecule has 6 heteroatoms. The molecule has 17 heavy (non-hydrogen) atoms. The molecule has 0 aliphatic carbocycles. The Balaban J connectivity index is 2.23. The van der Waals surface area contributed by atoms with Gasteiger partial charge in [-0.2, -0.15) is 5.10 Å². The highest BCUT2D eigenvalue weighted by Gasteiger charge is 2.05. The first kappa shape index (κ1) is 11.1. The fourth-order valence-electron chi connectivity index (χ4n) is 1.47. The number of aromatic nitrogens is 3. The van der Waals surface area contributed by atoms with Crippen LogP contribution in [-0.4, -0.2) is 20.9 Å². The van der Waals surface area contributed by atoms with Crippen molar-refractivity contribution in [1.82, 2.24) is 14.8 Å². The molecule has 0 fully saturated rings. The third-order valence-electron chi connectivity index (χ3n) is 2.25. The first-order valence-corrected chi connectivity index (χ1v) is 5.03. The molecule has 2 aromatic heterocycles. The van der Waals surface area contributed by atoms with E-state index in [1.165, 1.54) is 0 Å². The average molecular weight is 232 g/mol. The molecule has 0 bridgehead atoms. The summed E-state index contributed by atoms with van der Waals surface area (Å²) in [6.45, 7) is 0.0705. The van der Waals surface area contributed by atoms with Crippen LogP contribution in [0.2, 0.25) is 0 Å². The number of aryl methyl sites for hydroxylation is 1. The van der Waals surface area contributed by atoms with Gasteiger partial charge in [-0.15, -0.1) is 0 Å².